The summed E-state index contributed by atoms with van der Waals surface area (Å²) in [6.07, 6.45) is 3.55. The summed E-state index contributed by atoms with van der Waals surface area (Å²) < 4.78 is 0. The number of hydrogen-bond donors (Lipinski definition) is 1. The van der Waals surface area contributed by atoms with E-state index in [1.54, 1.807) is 12.1 Å². The molecule has 2 aliphatic heterocycles. The number of rotatable bonds is 2. The fourth-order valence-electron chi connectivity index (χ4n) is 2.79. The number of likely N-dealkylation sites (tertiary alicyclic amines) is 1. The van der Waals surface area contributed by atoms with E-state index in [2.05, 4.69) is 15.2 Å². The van der Waals surface area contributed by atoms with Gasteiger partial charge in [-0.25, -0.2) is 4.99 Å². The Morgan fingerprint density at radius 2 is 1.86 bits per heavy atom. The van der Waals surface area contributed by atoms with Gasteiger partial charge in [-0.1, -0.05) is 30.3 Å². The Hall–Kier alpha value is -2.17. The predicted molar refractivity (Wildman–Crippen MR) is 80.2 cm³/mol. The summed E-state index contributed by atoms with van der Waals surface area (Å²) in [6.45, 7) is 1.79. The van der Waals surface area contributed by atoms with Crippen molar-refractivity contribution in [3.8, 4) is 0 Å². The normalized spacial score (nSPS) is 22.5. The minimum atomic E-state index is -0.599. The lowest BCUT2D eigenvalue weighted by molar-refractivity contribution is -0.120. The van der Waals surface area contributed by atoms with Crippen LogP contribution in [-0.2, 0) is 4.79 Å². The molecule has 1 fully saturated rings. The van der Waals surface area contributed by atoms with Gasteiger partial charge in [0.1, 0.15) is 6.04 Å². The summed E-state index contributed by atoms with van der Waals surface area (Å²) >= 11 is 0. The van der Waals surface area contributed by atoms with E-state index in [1.807, 2.05) is 18.2 Å². The summed E-state index contributed by atoms with van der Waals surface area (Å²) in [5.74, 6) is 0.361. The number of carbonyl (C=O) groups excluding carboxylic acids is 2. The van der Waals surface area contributed by atoms with Crippen LogP contribution in [0.2, 0.25) is 0 Å². The zero-order valence-electron chi connectivity index (χ0n) is 11.9. The number of aliphatic imine (C=N–C) groups is 1. The fourth-order valence-corrected chi connectivity index (χ4v) is 2.79. The second kappa shape index (κ2) is 6.08. The Bertz CT molecular complexity index is 562. The van der Waals surface area contributed by atoms with E-state index in [9.17, 15) is 9.59 Å². The number of amides is 1. The van der Waals surface area contributed by atoms with Crippen molar-refractivity contribution in [3.63, 3.8) is 0 Å². The van der Waals surface area contributed by atoms with Crippen LogP contribution in [0.25, 0.3) is 0 Å². The summed E-state index contributed by atoms with van der Waals surface area (Å²) in [5.41, 5.74) is 0.610. The maximum atomic E-state index is 12.5. The molecule has 1 atom stereocenters. The zero-order valence-corrected chi connectivity index (χ0v) is 11.9. The van der Waals surface area contributed by atoms with E-state index < -0.39 is 6.04 Å². The smallest absolute Gasteiger partial charge is 0.229 e. The summed E-state index contributed by atoms with van der Waals surface area (Å²) in [7, 11) is 0. The molecule has 3 rings (SSSR count). The van der Waals surface area contributed by atoms with E-state index in [4.69, 9.17) is 0 Å². The number of carbonyl (C=O) groups is 2. The third-order valence-corrected chi connectivity index (χ3v) is 3.92. The molecule has 5 nitrogen and oxygen atoms in total. The van der Waals surface area contributed by atoms with Crippen LogP contribution < -0.4 is 5.32 Å². The van der Waals surface area contributed by atoms with Gasteiger partial charge in [0.15, 0.2) is 5.78 Å². The number of hydrogen-bond acceptors (Lipinski definition) is 4. The van der Waals surface area contributed by atoms with Crippen LogP contribution >= 0.6 is 0 Å². The lowest BCUT2D eigenvalue weighted by atomic mass is 10.0. The lowest BCUT2D eigenvalue weighted by Gasteiger charge is -2.32. The van der Waals surface area contributed by atoms with Crippen LogP contribution in [0.15, 0.2) is 35.3 Å². The van der Waals surface area contributed by atoms with Crippen molar-refractivity contribution in [3.05, 3.63) is 35.9 Å². The van der Waals surface area contributed by atoms with Gasteiger partial charge in [-0.3, -0.25) is 14.9 Å². The topological polar surface area (TPSA) is 61.8 Å². The molecule has 2 heterocycles. The average Bonchev–Trinajstić information content (AvgIpc) is 2.55. The summed E-state index contributed by atoms with van der Waals surface area (Å²) in [6, 6.07) is 8.46. The predicted octanol–water partition coefficient (Wildman–Crippen LogP) is 1.60. The van der Waals surface area contributed by atoms with E-state index in [1.165, 1.54) is 6.42 Å². The molecule has 5 heteroatoms. The molecule has 0 aromatic heterocycles. The van der Waals surface area contributed by atoms with Gasteiger partial charge in [0.25, 0.3) is 0 Å². The van der Waals surface area contributed by atoms with Crippen LogP contribution in [0.1, 0.15) is 36.0 Å². The maximum absolute atomic E-state index is 12.5. The third-order valence-electron chi connectivity index (χ3n) is 3.92. The summed E-state index contributed by atoms with van der Waals surface area (Å²) in [5, 5.41) is 2.81. The average molecular weight is 285 g/mol. The molecule has 1 aromatic rings. The molecule has 2 aliphatic rings. The highest BCUT2D eigenvalue weighted by atomic mass is 16.2. The first-order valence-electron chi connectivity index (χ1n) is 7.46. The van der Waals surface area contributed by atoms with Gasteiger partial charge in [0.2, 0.25) is 11.9 Å². The monoisotopic (exact) mass is 285 g/mol. The van der Waals surface area contributed by atoms with E-state index in [-0.39, 0.29) is 18.1 Å². The van der Waals surface area contributed by atoms with Crippen LogP contribution in [0.4, 0.5) is 0 Å². The second-order valence-corrected chi connectivity index (χ2v) is 5.50. The molecular formula is C16H19N3O2. The van der Waals surface area contributed by atoms with Crippen LogP contribution in [-0.4, -0.2) is 41.7 Å². The Morgan fingerprint density at radius 1 is 1.14 bits per heavy atom. The highest BCUT2D eigenvalue weighted by Gasteiger charge is 2.30. The molecule has 21 heavy (non-hydrogen) atoms. The number of guanidine groups is 1. The molecule has 0 bridgehead atoms. The van der Waals surface area contributed by atoms with Gasteiger partial charge < -0.3 is 4.90 Å². The highest BCUT2D eigenvalue weighted by Crippen LogP contribution is 2.15. The molecule has 1 N–H and O–H groups in total. The van der Waals surface area contributed by atoms with Gasteiger partial charge in [-0.15, -0.1) is 0 Å². The van der Waals surface area contributed by atoms with E-state index in [0.717, 1.165) is 25.9 Å². The fraction of sp³-hybridized carbons (Fsp3) is 0.438. The quantitative estimate of drug-likeness (QED) is 0.840. The SMILES string of the molecule is O=C1C[C@H](C(=O)c2ccccc2)N=C(N2CCCCC2)N1. The number of Topliss-reactive ketones (excluding diaryl/α,β-unsaturated/α-hetero) is 1. The van der Waals surface area contributed by atoms with Crippen molar-refractivity contribution in [1.29, 1.82) is 0 Å². The minimum absolute atomic E-state index is 0.0834. The Labute approximate surface area is 124 Å². The molecule has 0 spiro atoms. The van der Waals surface area contributed by atoms with Crippen molar-refractivity contribution in [2.45, 2.75) is 31.7 Å². The van der Waals surface area contributed by atoms with Crippen LogP contribution in [0.5, 0.6) is 0 Å². The van der Waals surface area contributed by atoms with Crippen molar-refractivity contribution >= 4 is 17.6 Å². The molecule has 1 saturated heterocycles. The molecule has 1 amide bonds. The first kappa shape index (κ1) is 13.8. The van der Waals surface area contributed by atoms with Crippen LogP contribution in [0.3, 0.4) is 0 Å². The summed E-state index contributed by atoms with van der Waals surface area (Å²) in [4.78, 5) is 30.9. The largest absolute Gasteiger partial charge is 0.343 e. The molecule has 0 radical (unpaired) electrons. The first-order valence-corrected chi connectivity index (χ1v) is 7.46. The number of nitrogens with zero attached hydrogens (tertiary/aromatic N) is 2. The third kappa shape index (κ3) is 3.12. The Balaban J connectivity index is 1.81. The molecule has 1 aromatic carbocycles. The standard InChI is InChI=1S/C16H19N3O2/c20-14-11-13(15(21)12-7-3-1-4-8-12)17-16(18-14)19-9-5-2-6-10-19/h1,3-4,7-8,13H,2,5-6,9-11H2,(H,17,18,20)/t13-/m1/s1. The first-order chi connectivity index (χ1) is 10.2. The zero-order chi connectivity index (χ0) is 14.7. The van der Waals surface area contributed by atoms with E-state index in [0.29, 0.717) is 11.5 Å². The molecular weight excluding hydrogens is 266 g/mol. The molecule has 0 saturated carbocycles. The van der Waals surface area contributed by atoms with Crippen molar-refractivity contribution in [2.75, 3.05) is 13.1 Å². The number of ketones is 1. The molecule has 110 valence electrons. The van der Waals surface area contributed by atoms with Crippen molar-refractivity contribution in [2.24, 2.45) is 4.99 Å². The minimum Gasteiger partial charge on any atom is -0.343 e. The van der Waals surface area contributed by atoms with Gasteiger partial charge >= 0.3 is 0 Å². The van der Waals surface area contributed by atoms with Crippen molar-refractivity contribution in [1.82, 2.24) is 10.2 Å². The molecule has 0 unspecified atom stereocenters. The van der Waals surface area contributed by atoms with Crippen molar-refractivity contribution < 1.29 is 9.59 Å². The van der Waals surface area contributed by atoms with Gasteiger partial charge in [-0.05, 0) is 19.3 Å². The molecule has 0 aliphatic carbocycles. The van der Waals surface area contributed by atoms with Crippen LogP contribution in [0, 0.1) is 0 Å². The Kier molecular flexibility index (Phi) is 3.99. The van der Waals surface area contributed by atoms with Gasteiger partial charge in [0, 0.05) is 18.7 Å². The second-order valence-electron chi connectivity index (χ2n) is 5.50. The van der Waals surface area contributed by atoms with Gasteiger partial charge in [-0.2, -0.15) is 0 Å². The lowest BCUT2D eigenvalue weighted by Crippen LogP contribution is -2.51. The maximum Gasteiger partial charge on any atom is 0.229 e. The Morgan fingerprint density at radius 3 is 2.57 bits per heavy atom. The number of benzene rings is 1. The van der Waals surface area contributed by atoms with Gasteiger partial charge in [0.05, 0.1) is 6.42 Å². The number of piperidine rings is 1. The van der Waals surface area contributed by atoms with E-state index >= 15 is 0 Å². The highest BCUT2D eigenvalue weighted by molar-refractivity contribution is 6.08. The number of nitrogens with one attached hydrogen (secondary N) is 1.